The summed E-state index contributed by atoms with van der Waals surface area (Å²) in [5.41, 5.74) is 12.9. The first kappa shape index (κ1) is 27.1. The van der Waals surface area contributed by atoms with Crippen LogP contribution >= 0.6 is 11.6 Å². The molecule has 2 heterocycles. The van der Waals surface area contributed by atoms with Gasteiger partial charge in [0.05, 0.1) is 5.57 Å². The number of aliphatic imine (C=N–C) groups is 3. The van der Waals surface area contributed by atoms with Gasteiger partial charge in [0.2, 0.25) is 5.96 Å². The highest BCUT2D eigenvalue weighted by atomic mass is 35.5. The van der Waals surface area contributed by atoms with Crippen molar-refractivity contribution in [3.05, 3.63) is 86.7 Å². The van der Waals surface area contributed by atoms with Gasteiger partial charge in [0, 0.05) is 59.5 Å². The van der Waals surface area contributed by atoms with E-state index in [9.17, 15) is 4.79 Å². The Bertz CT molecular complexity index is 1390. The number of nitrogens with one attached hydrogen (secondary N) is 3. The van der Waals surface area contributed by atoms with E-state index in [1.165, 1.54) is 17.3 Å². The number of carbonyl (C=O) groups excluding carboxylic acids is 1. The molecule has 5 N–H and O–H groups in total. The zero-order chi connectivity index (χ0) is 27.2. The number of fused-ring (bicyclic) bond motifs is 1. The van der Waals surface area contributed by atoms with Crippen LogP contribution in [0.3, 0.4) is 0 Å². The minimum absolute atomic E-state index is 0.241. The Morgan fingerprint density at radius 1 is 1.24 bits per heavy atom. The maximum atomic E-state index is 13.5. The van der Waals surface area contributed by atoms with Crippen molar-refractivity contribution in [1.29, 1.82) is 0 Å². The third-order valence-electron chi connectivity index (χ3n) is 6.55. The first-order chi connectivity index (χ1) is 18.3. The van der Waals surface area contributed by atoms with Crippen LogP contribution in [0.2, 0.25) is 5.02 Å². The van der Waals surface area contributed by atoms with Crippen molar-refractivity contribution in [2.75, 3.05) is 18.4 Å². The minimum atomic E-state index is -0.631. The Hall–Kier alpha value is -3.91. The fourth-order valence-corrected chi connectivity index (χ4v) is 4.92. The molecule has 0 saturated carbocycles. The van der Waals surface area contributed by atoms with E-state index in [0.717, 1.165) is 29.1 Å². The number of benzene rings is 2. The standard InChI is InChI=1S/C29H34ClN7O/c1-5-20-8-7-9-24-22(20)13-25(35-24)36-29-34-18(4)26(28(38)33-16-19(14-31)15-32-6-2)27(37-29)21-11-10-17(3)12-23(21)30/h7-12,14-15,27H,5-6,13,16,31H2,1-4H3,(H,33,38)(H2,34,35,36,37). The molecule has 2 aliphatic heterocycles. The normalized spacial score (nSPS) is 18.3. The van der Waals surface area contributed by atoms with E-state index in [-0.39, 0.29) is 12.5 Å². The van der Waals surface area contributed by atoms with Crippen molar-refractivity contribution in [3.63, 3.8) is 0 Å². The summed E-state index contributed by atoms with van der Waals surface area (Å²) in [7, 11) is 0. The van der Waals surface area contributed by atoms with Gasteiger partial charge in [0.25, 0.3) is 5.91 Å². The summed E-state index contributed by atoms with van der Waals surface area (Å²) in [5.74, 6) is 0.955. The topological polar surface area (TPSA) is 116 Å². The minimum Gasteiger partial charge on any atom is -0.404 e. The Morgan fingerprint density at radius 3 is 2.76 bits per heavy atom. The molecule has 0 bridgehead atoms. The number of anilines is 1. The van der Waals surface area contributed by atoms with Crippen LogP contribution in [0.15, 0.2) is 74.4 Å². The van der Waals surface area contributed by atoms with Crippen LogP contribution in [-0.4, -0.2) is 37.0 Å². The molecule has 0 aromatic heterocycles. The van der Waals surface area contributed by atoms with Crippen molar-refractivity contribution in [2.24, 2.45) is 20.7 Å². The second kappa shape index (κ2) is 12.1. The maximum absolute atomic E-state index is 13.5. The second-order valence-electron chi connectivity index (χ2n) is 9.25. The molecule has 2 aromatic carbocycles. The molecule has 2 aromatic rings. The fraction of sp³-hybridized carbons (Fsp3) is 0.310. The number of amidine groups is 1. The van der Waals surface area contributed by atoms with Crippen molar-refractivity contribution < 1.29 is 4.79 Å². The maximum Gasteiger partial charge on any atom is 0.251 e. The Balaban J connectivity index is 1.65. The molecule has 4 rings (SSSR count). The molecule has 38 heavy (non-hydrogen) atoms. The lowest BCUT2D eigenvalue weighted by molar-refractivity contribution is -0.117. The van der Waals surface area contributed by atoms with E-state index < -0.39 is 6.04 Å². The molecule has 1 unspecified atom stereocenters. The summed E-state index contributed by atoms with van der Waals surface area (Å²) in [4.78, 5) is 27.3. The van der Waals surface area contributed by atoms with Gasteiger partial charge < -0.3 is 21.7 Å². The van der Waals surface area contributed by atoms with Gasteiger partial charge in [-0.1, -0.05) is 42.8 Å². The monoisotopic (exact) mass is 531 g/mol. The van der Waals surface area contributed by atoms with Crippen LogP contribution in [0.1, 0.15) is 49.1 Å². The zero-order valence-electron chi connectivity index (χ0n) is 22.2. The highest BCUT2D eigenvalue weighted by Gasteiger charge is 2.31. The number of hydrogen-bond acceptors (Lipinski definition) is 6. The highest BCUT2D eigenvalue weighted by molar-refractivity contribution is 6.31. The third-order valence-corrected chi connectivity index (χ3v) is 6.88. The molecular weight excluding hydrogens is 498 g/mol. The smallest absolute Gasteiger partial charge is 0.251 e. The predicted octanol–water partition coefficient (Wildman–Crippen LogP) is 4.60. The number of carbonyl (C=O) groups is 1. The molecule has 2 aliphatic rings. The number of halogens is 1. The number of allylic oxidation sites excluding steroid dienone is 1. The van der Waals surface area contributed by atoms with Crippen LogP contribution in [0.5, 0.6) is 0 Å². The fourth-order valence-electron chi connectivity index (χ4n) is 4.58. The number of amides is 1. The first-order valence-electron chi connectivity index (χ1n) is 12.8. The molecule has 1 amide bonds. The quantitative estimate of drug-likeness (QED) is 0.391. The molecule has 1 atom stereocenters. The van der Waals surface area contributed by atoms with Crippen molar-refractivity contribution in [3.8, 4) is 0 Å². The summed E-state index contributed by atoms with van der Waals surface area (Å²) >= 11 is 6.66. The first-order valence-corrected chi connectivity index (χ1v) is 13.2. The van der Waals surface area contributed by atoms with E-state index in [1.54, 1.807) is 6.21 Å². The van der Waals surface area contributed by atoms with Crippen LogP contribution in [0, 0.1) is 6.92 Å². The van der Waals surface area contributed by atoms with E-state index >= 15 is 0 Å². The van der Waals surface area contributed by atoms with Crippen molar-refractivity contribution in [2.45, 2.75) is 46.6 Å². The molecule has 0 aliphatic carbocycles. The number of hydrogen-bond donors (Lipinski definition) is 4. The summed E-state index contributed by atoms with van der Waals surface area (Å²) in [6, 6.07) is 11.4. The lowest BCUT2D eigenvalue weighted by Gasteiger charge is -2.26. The van der Waals surface area contributed by atoms with Gasteiger partial charge in [-0.3, -0.25) is 9.79 Å². The van der Waals surface area contributed by atoms with Gasteiger partial charge in [-0.15, -0.1) is 0 Å². The highest BCUT2D eigenvalue weighted by Crippen LogP contribution is 2.36. The van der Waals surface area contributed by atoms with E-state index in [4.69, 9.17) is 27.3 Å². The van der Waals surface area contributed by atoms with E-state index in [1.807, 2.05) is 39.0 Å². The van der Waals surface area contributed by atoms with Gasteiger partial charge >= 0.3 is 0 Å². The van der Waals surface area contributed by atoms with E-state index in [0.29, 0.717) is 40.8 Å². The van der Waals surface area contributed by atoms with Gasteiger partial charge in [-0.25, -0.2) is 4.99 Å². The lowest BCUT2D eigenvalue weighted by atomic mass is 9.95. The molecule has 0 spiro atoms. The Morgan fingerprint density at radius 2 is 2.05 bits per heavy atom. The van der Waals surface area contributed by atoms with Crippen LogP contribution in [0.4, 0.5) is 5.69 Å². The summed E-state index contributed by atoms with van der Waals surface area (Å²) in [6.07, 6.45) is 4.76. The van der Waals surface area contributed by atoms with Crippen LogP contribution in [0.25, 0.3) is 0 Å². The number of guanidine groups is 1. The number of nitrogens with two attached hydrogens (primary N) is 1. The van der Waals surface area contributed by atoms with Gasteiger partial charge in [-0.05, 0) is 56.0 Å². The molecule has 9 heteroatoms. The van der Waals surface area contributed by atoms with Crippen LogP contribution < -0.4 is 21.7 Å². The van der Waals surface area contributed by atoms with Crippen molar-refractivity contribution >= 4 is 41.2 Å². The number of rotatable bonds is 7. The van der Waals surface area contributed by atoms with E-state index in [2.05, 4.69) is 46.1 Å². The lowest BCUT2D eigenvalue weighted by Crippen LogP contribution is -2.37. The Labute approximate surface area is 228 Å². The molecular formula is C29H34ClN7O. The molecule has 0 fully saturated rings. The summed E-state index contributed by atoms with van der Waals surface area (Å²) < 4.78 is 0. The SMILES string of the molecule is CCN=CC(=CN)CNC(=O)C1=C(C)NC(N=C2Cc3c(CC)cccc3N2)=NC1c1ccc(C)cc1Cl. The van der Waals surface area contributed by atoms with Gasteiger partial charge in [0.1, 0.15) is 11.9 Å². The molecule has 8 nitrogen and oxygen atoms in total. The summed E-state index contributed by atoms with van der Waals surface area (Å²) in [5, 5.41) is 10.1. The molecule has 0 saturated heterocycles. The number of nitrogens with zero attached hydrogens (tertiary/aromatic N) is 3. The average molecular weight is 532 g/mol. The molecule has 0 radical (unpaired) electrons. The third kappa shape index (κ3) is 5.97. The van der Waals surface area contributed by atoms with Crippen molar-refractivity contribution in [1.82, 2.24) is 10.6 Å². The predicted molar refractivity (Wildman–Crippen MR) is 157 cm³/mol. The second-order valence-corrected chi connectivity index (χ2v) is 9.66. The summed E-state index contributed by atoms with van der Waals surface area (Å²) in [6.45, 7) is 8.78. The Kier molecular flexibility index (Phi) is 8.63. The zero-order valence-corrected chi connectivity index (χ0v) is 23.0. The van der Waals surface area contributed by atoms with Crippen LogP contribution in [-0.2, 0) is 17.6 Å². The largest absolute Gasteiger partial charge is 0.404 e. The number of aryl methyl sites for hydroxylation is 2. The van der Waals surface area contributed by atoms with Gasteiger partial charge in [-0.2, -0.15) is 4.99 Å². The van der Waals surface area contributed by atoms with Gasteiger partial charge in [0.15, 0.2) is 0 Å². The average Bonchev–Trinajstić information content (AvgIpc) is 3.31. The molecule has 198 valence electrons.